The highest BCUT2D eigenvalue weighted by Gasteiger charge is 2.16. The summed E-state index contributed by atoms with van der Waals surface area (Å²) in [6.07, 6.45) is 5.66. The van der Waals surface area contributed by atoms with E-state index in [1.54, 1.807) is 0 Å². The third-order valence-electron chi connectivity index (χ3n) is 4.26. The number of hydrogen-bond donors (Lipinski definition) is 1. The van der Waals surface area contributed by atoms with Crippen LogP contribution in [0, 0.1) is 11.6 Å². The fraction of sp³-hybridized carbons (Fsp3) is 0.368. The Morgan fingerprint density at radius 1 is 1.21 bits per heavy atom. The minimum Gasteiger partial charge on any atom is -0.467 e. The number of hydrogen-bond acceptors (Lipinski definition) is 6. The zero-order valence-electron chi connectivity index (χ0n) is 15.5. The first kappa shape index (κ1) is 19.7. The summed E-state index contributed by atoms with van der Waals surface area (Å²) >= 11 is 0. The van der Waals surface area contributed by atoms with Crippen molar-refractivity contribution < 1.29 is 18.3 Å². The average Bonchev–Trinajstić information content (AvgIpc) is 2.73. The van der Waals surface area contributed by atoms with Crippen molar-refractivity contribution in [1.82, 2.24) is 20.3 Å². The highest BCUT2D eigenvalue weighted by Crippen LogP contribution is 2.17. The van der Waals surface area contributed by atoms with E-state index in [0.717, 1.165) is 50.2 Å². The summed E-state index contributed by atoms with van der Waals surface area (Å²) in [4.78, 5) is 26.9. The third kappa shape index (κ3) is 5.21. The van der Waals surface area contributed by atoms with Crippen LogP contribution in [0.2, 0.25) is 0 Å². The second-order valence-corrected chi connectivity index (χ2v) is 6.30. The van der Waals surface area contributed by atoms with Gasteiger partial charge in [-0.15, -0.1) is 0 Å². The minimum atomic E-state index is -0.612. The second-order valence-electron chi connectivity index (χ2n) is 6.30. The molecule has 1 fully saturated rings. The molecule has 0 atom stereocenters. The van der Waals surface area contributed by atoms with Gasteiger partial charge in [0.25, 0.3) is 0 Å². The molecule has 0 unspecified atom stereocenters. The van der Waals surface area contributed by atoms with Crippen LogP contribution >= 0.6 is 0 Å². The van der Waals surface area contributed by atoms with Gasteiger partial charge in [-0.2, -0.15) is 15.0 Å². The molecule has 148 valence electrons. The molecule has 1 aliphatic rings. The third-order valence-corrected chi connectivity index (χ3v) is 4.26. The van der Waals surface area contributed by atoms with Gasteiger partial charge in [0.1, 0.15) is 11.6 Å². The van der Waals surface area contributed by atoms with E-state index in [1.165, 1.54) is 19.6 Å². The molecular formula is C19H21F2N5O2. The Hall–Kier alpha value is -3.10. The highest BCUT2D eigenvalue weighted by atomic mass is 19.1. The van der Waals surface area contributed by atoms with Gasteiger partial charge in [0, 0.05) is 24.7 Å². The van der Waals surface area contributed by atoms with E-state index in [1.807, 2.05) is 0 Å². The van der Waals surface area contributed by atoms with E-state index in [2.05, 4.69) is 25.2 Å². The van der Waals surface area contributed by atoms with Crippen molar-refractivity contribution in [2.75, 3.05) is 25.1 Å². The summed E-state index contributed by atoms with van der Waals surface area (Å²) in [5.41, 5.74) is -0.00985. The molecule has 28 heavy (non-hydrogen) atoms. The molecule has 1 amide bonds. The van der Waals surface area contributed by atoms with Crippen molar-refractivity contribution in [3.63, 3.8) is 0 Å². The Balaban J connectivity index is 1.65. The SMILES string of the molecule is COc1nc(CNC(=O)/C=C/c2cc(F)ccc2F)nc(N2CCCCC2)n1. The molecule has 0 spiro atoms. The molecule has 2 aromatic rings. The first-order valence-corrected chi connectivity index (χ1v) is 9.00. The van der Waals surface area contributed by atoms with Gasteiger partial charge >= 0.3 is 6.01 Å². The first-order valence-electron chi connectivity index (χ1n) is 9.00. The van der Waals surface area contributed by atoms with Crippen molar-refractivity contribution in [3.8, 4) is 6.01 Å². The minimum absolute atomic E-state index is 0.00985. The normalized spacial score (nSPS) is 14.3. The topological polar surface area (TPSA) is 80.2 Å². The van der Waals surface area contributed by atoms with Gasteiger partial charge in [-0.05, 0) is 43.5 Å². The monoisotopic (exact) mass is 389 g/mol. The van der Waals surface area contributed by atoms with Crippen LogP contribution in [-0.4, -0.2) is 41.1 Å². The van der Waals surface area contributed by atoms with Gasteiger partial charge in [0.05, 0.1) is 13.7 Å². The van der Waals surface area contributed by atoms with Crippen LogP contribution in [0.5, 0.6) is 6.01 Å². The van der Waals surface area contributed by atoms with Crippen LogP contribution in [0.15, 0.2) is 24.3 Å². The van der Waals surface area contributed by atoms with Crippen molar-refractivity contribution in [1.29, 1.82) is 0 Å². The summed E-state index contributed by atoms with van der Waals surface area (Å²) in [5.74, 6) is -0.801. The maximum Gasteiger partial charge on any atom is 0.321 e. The van der Waals surface area contributed by atoms with E-state index in [-0.39, 0.29) is 18.1 Å². The molecule has 1 aliphatic heterocycles. The number of amides is 1. The van der Waals surface area contributed by atoms with Gasteiger partial charge in [0.15, 0.2) is 5.82 Å². The Labute approximate surface area is 161 Å². The highest BCUT2D eigenvalue weighted by molar-refractivity contribution is 5.91. The lowest BCUT2D eigenvalue weighted by atomic mass is 10.1. The molecule has 0 radical (unpaired) electrons. The second kappa shape index (κ2) is 9.20. The number of rotatable bonds is 6. The Morgan fingerprint density at radius 2 is 2.00 bits per heavy atom. The number of anilines is 1. The molecule has 1 aromatic carbocycles. The molecule has 9 heteroatoms. The molecule has 3 rings (SSSR count). The molecule has 1 aromatic heterocycles. The molecule has 0 saturated carbocycles. The molecular weight excluding hydrogens is 368 g/mol. The number of nitrogens with one attached hydrogen (secondary N) is 1. The zero-order chi connectivity index (χ0) is 19.9. The number of benzene rings is 1. The first-order chi connectivity index (χ1) is 13.5. The predicted molar refractivity (Wildman–Crippen MR) is 99.7 cm³/mol. The van der Waals surface area contributed by atoms with E-state index in [0.29, 0.717) is 11.8 Å². The largest absolute Gasteiger partial charge is 0.467 e. The van der Waals surface area contributed by atoms with E-state index in [9.17, 15) is 13.6 Å². The van der Waals surface area contributed by atoms with Gasteiger partial charge in [-0.25, -0.2) is 8.78 Å². The lowest BCUT2D eigenvalue weighted by molar-refractivity contribution is -0.116. The fourth-order valence-electron chi connectivity index (χ4n) is 2.82. The zero-order valence-corrected chi connectivity index (χ0v) is 15.5. The van der Waals surface area contributed by atoms with Crippen LogP contribution in [0.3, 0.4) is 0 Å². The number of piperidine rings is 1. The van der Waals surface area contributed by atoms with Crippen molar-refractivity contribution in [2.45, 2.75) is 25.8 Å². The summed E-state index contributed by atoms with van der Waals surface area (Å²) in [6, 6.07) is 3.21. The maximum atomic E-state index is 13.6. The van der Waals surface area contributed by atoms with Gasteiger partial charge in [0.2, 0.25) is 11.9 Å². The number of nitrogens with zero attached hydrogens (tertiary/aromatic N) is 4. The van der Waals surface area contributed by atoms with Crippen molar-refractivity contribution in [3.05, 3.63) is 47.3 Å². The van der Waals surface area contributed by atoms with Gasteiger partial charge < -0.3 is 15.0 Å². The lowest BCUT2D eigenvalue weighted by Gasteiger charge is -2.26. The summed E-state index contributed by atoms with van der Waals surface area (Å²) in [7, 11) is 1.47. The van der Waals surface area contributed by atoms with Crippen LogP contribution in [0.25, 0.3) is 6.08 Å². The predicted octanol–water partition coefficient (Wildman–Crippen LogP) is 2.48. The number of ether oxygens (including phenoxy) is 1. The number of halogens is 2. The van der Waals surface area contributed by atoms with Crippen LogP contribution in [-0.2, 0) is 11.3 Å². The number of methoxy groups -OCH3 is 1. The van der Waals surface area contributed by atoms with Gasteiger partial charge in [-0.1, -0.05) is 0 Å². The molecule has 0 aliphatic carbocycles. The molecule has 1 saturated heterocycles. The van der Waals surface area contributed by atoms with E-state index >= 15 is 0 Å². The smallest absolute Gasteiger partial charge is 0.321 e. The van der Waals surface area contributed by atoms with Crippen LogP contribution in [0.1, 0.15) is 30.7 Å². The molecule has 0 bridgehead atoms. The average molecular weight is 389 g/mol. The maximum absolute atomic E-state index is 13.6. The molecule has 7 nitrogen and oxygen atoms in total. The summed E-state index contributed by atoms with van der Waals surface area (Å²) < 4.78 is 31.9. The quantitative estimate of drug-likeness (QED) is 0.765. The lowest BCUT2D eigenvalue weighted by Crippen LogP contribution is -2.32. The van der Waals surface area contributed by atoms with E-state index < -0.39 is 17.5 Å². The standard InChI is InChI=1S/C19H21F2N5O2/c1-28-19-24-16(23-18(25-19)26-9-3-2-4-10-26)12-22-17(27)8-5-13-11-14(20)6-7-15(13)21/h5-8,11H,2-4,9-10,12H2,1H3,(H,22,27)/b8-5+. The summed E-state index contributed by atoms with van der Waals surface area (Å²) in [5, 5.41) is 2.62. The number of carbonyl (C=O) groups excluding carboxylic acids is 1. The van der Waals surface area contributed by atoms with Crippen LogP contribution in [0.4, 0.5) is 14.7 Å². The fourth-order valence-corrected chi connectivity index (χ4v) is 2.82. The number of aromatic nitrogens is 3. The summed E-state index contributed by atoms with van der Waals surface area (Å²) in [6.45, 7) is 1.77. The Morgan fingerprint density at radius 3 is 2.75 bits per heavy atom. The van der Waals surface area contributed by atoms with E-state index in [4.69, 9.17) is 4.74 Å². The Bertz CT molecular complexity index is 869. The molecule has 2 heterocycles. The molecule has 1 N–H and O–H groups in total. The Kier molecular flexibility index (Phi) is 6.46. The van der Waals surface area contributed by atoms with Crippen molar-refractivity contribution >= 4 is 17.9 Å². The van der Waals surface area contributed by atoms with Gasteiger partial charge in [-0.3, -0.25) is 4.79 Å². The van der Waals surface area contributed by atoms with Crippen LogP contribution < -0.4 is 15.0 Å². The van der Waals surface area contributed by atoms with Crippen molar-refractivity contribution in [2.24, 2.45) is 0 Å². The number of carbonyl (C=O) groups is 1.